The fourth-order valence-corrected chi connectivity index (χ4v) is 6.83. The zero-order valence-electron chi connectivity index (χ0n) is 23.8. The molecule has 0 radical (unpaired) electrons. The van der Waals surface area contributed by atoms with E-state index in [-0.39, 0.29) is 22.5 Å². The molecule has 0 aliphatic carbocycles. The van der Waals surface area contributed by atoms with E-state index >= 15 is 0 Å². The Labute approximate surface area is 262 Å². The number of aliphatic carboxylic acids is 2. The third-order valence-electron chi connectivity index (χ3n) is 7.92. The lowest BCUT2D eigenvalue weighted by molar-refractivity contribution is -0.777. The minimum Gasteiger partial charge on any atom is -0.744 e. The van der Waals surface area contributed by atoms with Gasteiger partial charge in [-0.1, -0.05) is 0 Å². The number of rotatable bonds is 13. The predicted octanol–water partition coefficient (Wildman–Crippen LogP) is 3.39. The van der Waals surface area contributed by atoms with Crippen molar-refractivity contribution in [2.75, 3.05) is 6.54 Å². The molecule has 2 aromatic carbocycles. The topological polar surface area (TPSA) is 200 Å². The van der Waals surface area contributed by atoms with E-state index < -0.39 is 33.0 Å². The summed E-state index contributed by atoms with van der Waals surface area (Å²) in [6, 6.07) is 7.88. The highest BCUT2D eigenvalue weighted by atomic mass is 32.2. The summed E-state index contributed by atoms with van der Waals surface area (Å²) >= 11 is 0.728. The summed E-state index contributed by atoms with van der Waals surface area (Å²) in [6.07, 6.45) is 8.43. The lowest BCUT2D eigenvalue weighted by Crippen LogP contribution is -2.60. The minimum atomic E-state index is -4.80. The number of hydrogen-bond donors (Lipinski definition) is 2. The van der Waals surface area contributed by atoms with Crippen LogP contribution in [0.3, 0.4) is 0 Å². The molecule has 0 amide bonds. The van der Waals surface area contributed by atoms with Crippen LogP contribution >= 0.6 is 12.0 Å². The summed E-state index contributed by atoms with van der Waals surface area (Å²) < 4.78 is 53.8. The summed E-state index contributed by atoms with van der Waals surface area (Å²) in [7, 11) is -4.80. The molecule has 2 unspecified atom stereocenters. The van der Waals surface area contributed by atoms with Gasteiger partial charge in [0.1, 0.15) is 10.1 Å². The molecule has 1 spiro atoms. The van der Waals surface area contributed by atoms with Crippen molar-refractivity contribution in [1.82, 2.24) is 4.48 Å². The molecule has 3 heterocycles. The number of carbonyl (C=O) groups is 2. The van der Waals surface area contributed by atoms with Crippen molar-refractivity contribution in [3.63, 3.8) is 0 Å². The van der Waals surface area contributed by atoms with Crippen LogP contribution in [-0.2, 0) is 35.6 Å². The highest BCUT2D eigenvalue weighted by Crippen LogP contribution is 2.50. The van der Waals surface area contributed by atoms with Crippen LogP contribution in [0.25, 0.3) is 17.2 Å². The molecule has 0 bridgehead atoms. The predicted molar refractivity (Wildman–Crippen MR) is 155 cm³/mol. The first kappa shape index (κ1) is 32.6. The van der Waals surface area contributed by atoms with E-state index in [9.17, 15) is 32.9 Å². The molecule has 2 atom stereocenters. The van der Waals surface area contributed by atoms with Crippen LogP contribution in [0, 0.1) is 0 Å². The van der Waals surface area contributed by atoms with Crippen molar-refractivity contribution < 1.29 is 61.1 Å². The summed E-state index contributed by atoms with van der Waals surface area (Å²) in [5.74, 6) is -0.979. The number of benzene rings is 2. The molecule has 2 aliphatic heterocycles. The van der Waals surface area contributed by atoms with Crippen LogP contribution in [0.4, 0.5) is 5.69 Å². The van der Waals surface area contributed by atoms with Crippen LogP contribution in [0.15, 0.2) is 68.6 Å². The van der Waals surface area contributed by atoms with Crippen molar-refractivity contribution in [3.05, 3.63) is 60.3 Å². The van der Waals surface area contributed by atoms with Crippen LogP contribution in [0.2, 0.25) is 0 Å². The molecule has 5 rings (SSSR count). The molecule has 1 saturated heterocycles. The second-order valence-corrected chi connectivity index (χ2v) is 12.8. The molecule has 45 heavy (non-hydrogen) atoms. The number of ether oxygens (including phenoxy) is 1. The van der Waals surface area contributed by atoms with E-state index in [2.05, 4.69) is 9.37 Å². The van der Waals surface area contributed by atoms with E-state index in [0.29, 0.717) is 79.2 Å². The number of oxazole rings is 1. The Hall–Kier alpha value is -3.77. The number of allylic oxidation sites excluding steroid dienone is 2. The molecule has 2 N–H and O–H groups in total. The highest BCUT2D eigenvalue weighted by Gasteiger charge is 2.55. The third-order valence-corrected chi connectivity index (χ3v) is 9.32. The first-order valence-electron chi connectivity index (χ1n) is 14.1. The summed E-state index contributed by atoms with van der Waals surface area (Å²) in [5, 5.41) is 32.9. The molecule has 1 aromatic heterocycles. The second-order valence-electron chi connectivity index (χ2n) is 10.6. The molecule has 16 heteroatoms. The molecular formula is C29H30N2O12S2. The maximum Gasteiger partial charge on any atom is 0.374 e. The van der Waals surface area contributed by atoms with Gasteiger partial charge in [0.25, 0.3) is 5.52 Å². The normalized spacial score (nSPS) is 20.7. The maximum atomic E-state index is 12.5. The number of nitrogens with zero attached hydrogens (tertiary/aromatic N) is 2. The number of aryl methyl sites for hydroxylation is 1. The monoisotopic (exact) mass is 662 g/mol. The van der Waals surface area contributed by atoms with Gasteiger partial charge in [0, 0.05) is 42.4 Å². The molecule has 2 aliphatic rings. The van der Waals surface area contributed by atoms with E-state index in [1.807, 2.05) is 4.57 Å². The van der Waals surface area contributed by atoms with Crippen LogP contribution in [0.5, 0.6) is 5.75 Å². The number of carboxylic acids is 2. The van der Waals surface area contributed by atoms with Crippen LogP contribution in [0.1, 0.15) is 50.8 Å². The third kappa shape index (κ3) is 6.91. The van der Waals surface area contributed by atoms with Crippen molar-refractivity contribution in [1.29, 1.82) is 0 Å². The smallest absolute Gasteiger partial charge is 0.374 e. The van der Waals surface area contributed by atoms with Gasteiger partial charge in [-0.15, -0.1) is 0 Å². The van der Waals surface area contributed by atoms with Gasteiger partial charge >= 0.3 is 23.7 Å². The van der Waals surface area contributed by atoms with E-state index in [1.165, 1.54) is 12.1 Å². The number of hydrogen-bond acceptors (Lipinski definition) is 11. The maximum absolute atomic E-state index is 12.5. The van der Waals surface area contributed by atoms with Crippen molar-refractivity contribution >= 4 is 57.0 Å². The largest absolute Gasteiger partial charge is 0.744 e. The summed E-state index contributed by atoms with van der Waals surface area (Å²) in [5.41, 5.74) is 1.51. The number of unbranched alkanes of at least 4 members (excludes halogenated alkanes) is 2. The number of quaternary nitrogens is 1. The Bertz CT molecular complexity index is 1770. The summed E-state index contributed by atoms with van der Waals surface area (Å²) in [4.78, 5) is 23.5. The van der Waals surface area contributed by atoms with E-state index in [1.54, 1.807) is 36.4 Å². The zero-order chi connectivity index (χ0) is 32.2. The van der Waals surface area contributed by atoms with Gasteiger partial charge in [-0.05, 0) is 56.0 Å². The average molecular weight is 663 g/mol. The fourth-order valence-electron chi connectivity index (χ4n) is 5.95. The first-order chi connectivity index (χ1) is 21.5. The Morgan fingerprint density at radius 1 is 1.13 bits per heavy atom. The Morgan fingerprint density at radius 3 is 2.69 bits per heavy atom. The van der Waals surface area contributed by atoms with Gasteiger partial charge in [0.15, 0.2) is 24.0 Å². The standard InChI is InChI=1S/C29H30N2O12S2/c32-28(33)10-2-1-4-15-30-21-17-19(44-43-42-36)11-13-24(21)40-26(30)8-6-9-27-31(16-5-3-7-22(31)29(34)35)23-18-20(45(37,38)39)12-14-25(23)41-27/h6,8-9,11-14,17-18,22H,1-5,7,10,15-16H2,(H2-2,32,33,34,35,36,37,38,39)/b8-6+,27-9-. The molecule has 14 nitrogen and oxygen atoms in total. The van der Waals surface area contributed by atoms with E-state index in [4.69, 9.17) is 14.3 Å². The van der Waals surface area contributed by atoms with Gasteiger partial charge in [-0.2, -0.15) is 8.90 Å². The van der Waals surface area contributed by atoms with Crippen molar-refractivity contribution in [2.24, 2.45) is 0 Å². The van der Waals surface area contributed by atoms with Gasteiger partial charge in [0.05, 0.1) is 29.6 Å². The SMILES string of the molecule is O=C(O)CCCCC[n+]1c(/C=C/C=C2\Oc3ccc(S(=O)(=O)[O-])cc3[N+]23CCCCC3C(=O)O)oc2ccc(SOO[O-])cc21. The van der Waals surface area contributed by atoms with Crippen LogP contribution < -0.4 is 19.0 Å². The molecular weight excluding hydrogens is 632 g/mol. The Kier molecular flexibility index (Phi) is 9.93. The molecule has 1 fully saturated rings. The number of piperidine rings is 1. The van der Waals surface area contributed by atoms with Crippen molar-refractivity contribution in [3.8, 4) is 5.75 Å². The van der Waals surface area contributed by atoms with Gasteiger partial charge in [0.2, 0.25) is 5.58 Å². The van der Waals surface area contributed by atoms with Gasteiger partial charge in [-0.3, -0.25) is 9.83 Å². The van der Waals surface area contributed by atoms with E-state index in [0.717, 1.165) is 18.1 Å². The zero-order valence-corrected chi connectivity index (χ0v) is 25.5. The highest BCUT2D eigenvalue weighted by molar-refractivity contribution is 7.94. The Balaban J connectivity index is 1.52. The second kappa shape index (κ2) is 13.7. The lowest BCUT2D eigenvalue weighted by atomic mass is 9.97. The summed E-state index contributed by atoms with van der Waals surface area (Å²) in [6.45, 7) is 0.800. The average Bonchev–Trinajstić information content (AvgIpc) is 3.49. The number of carboxylic acid groups (broad SMARTS) is 2. The number of aromatic nitrogens is 1. The lowest BCUT2D eigenvalue weighted by Gasteiger charge is -2.40. The minimum absolute atomic E-state index is 0.0619. The van der Waals surface area contributed by atoms with Gasteiger partial charge < -0.3 is 29.2 Å². The number of fused-ring (bicyclic) bond motifs is 3. The molecule has 240 valence electrons. The fraction of sp³-hybridized carbons (Fsp3) is 0.345. The van der Waals surface area contributed by atoms with Crippen molar-refractivity contribution in [2.45, 2.75) is 67.3 Å². The first-order valence-corrected chi connectivity index (χ1v) is 16.3. The quantitative estimate of drug-likeness (QED) is 0.0514. The Morgan fingerprint density at radius 2 is 1.96 bits per heavy atom. The van der Waals surface area contributed by atoms with Gasteiger partial charge in [-0.25, -0.2) is 17.7 Å². The molecule has 3 aromatic rings. The molecule has 0 saturated carbocycles. The van der Waals surface area contributed by atoms with Crippen LogP contribution in [-0.4, -0.2) is 47.7 Å².